The van der Waals surface area contributed by atoms with Gasteiger partial charge in [-0.3, -0.25) is 9.59 Å². The second kappa shape index (κ2) is 6.49. The van der Waals surface area contributed by atoms with E-state index in [0.29, 0.717) is 11.4 Å². The fourth-order valence-electron chi connectivity index (χ4n) is 3.46. The Bertz CT molecular complexity index is 1020. The predicted octanol–water partition coefficient (Wildman–Crippen LogP) is 2.91. The Kier molecular flexibility index (Phi) is 4.02. The highest BCUT2D eigenvalue weighted by atomic mass is 16.2. The summed E-state index contributed by atoms with van der Waals surface area (Å²) in [5, 5.41) is 14.3. The Morgan fingerprint density at radius 3 is 2.58 bits per heavy atom. The first-order chi connectivity index (χ1) is 12.7. The second-order valence-corrected chi connectivity index (χ2v) is 6.47. The number of carbonyl (C=O) groups is 2. The lowest BCUT2D eigenvalue weighted by atomic mass is 10.0. The molecule has 2 aliphatic rings. The van der Waals surface area contributed by atoms with Crippen LogP contribution in [0.1, 0.15) is 23.2 Å². The van der Waals surface area contributed by atoms with E-state index < -0.39 is 5.91 Å². The molecule has 4 rings (SSSR count). The molecule has 1 N–H and O–H groups in total. The largest absolute Gasteiger partial charge is 0.357 e. The van der Waals surface area contributed by atoms with Crippen LogP contribution in [0.15, 0.2) is 65.5 Å². The third kappa shape index (κ3) is 2.76. The van der Waals surface area contributed by atoms with Crippen LogP contribution in [0, 0.1) is 11.3 Å². The smallest absolute Gasteiger partial charge is 0.258 e. The zero-order valence-electron chi connectivity index (χ0n) is 14.2. The molecular weight excluding hydrogens is 326 g/mol. The molecule has 1 amide bonds. The molecule has 26 heavy (non-hydrogen) atoms. The Labute approximate surface area is 151 Å². The van der Waals surface area contributed by atoms with Crippen LogP contribution in [0.2, 0.25) is 0 Å². The van der Waals surface area contributed by atoms with E-state index in [1.807, 2.05) is 35.2 Å². The molecule has 5 heteroatoms. The highest BCUT2D eigenvalue weighted by molar-refractivity contribution is 6.14. The van der Waals surface area contributed by atoms with Crippen LogP contribution in [0.25, 0.3) is 10.8 Å². The van der Waals surface area contributed by atoms with Crippen LogP contribution in [-0.4, -0.2) is 29.7 Å². The summed E-state index contributed by atoms with van der Waals surface area (Å²) < 4.78 is 0. The van der Waals surface area contributed by atoms with Crippen LogP contribution in [0.4, 0.5) is 0 Å². The van der Waals surface area contributed by atoms with Gasteiger partial charge in [0.15, 0.2) is 5.78 Å². The zero-order chi connectivity index (χ0) is 18.1. The molecule has 0 spiro atoms. The van der Waals surface area contributed by atoms with Crippen LogP contribution in [0.5, 0.6) is 0 Å². The number of fused-ring (bicyclic) bond motifs is 1. The maximum absolute atomic E-state index is 12.7. The van der Waals surface area contributed by atoms with Gasteiger partial charge in [0, 0.05) is 24.7 Å². The summed E-state index contributed by atoms with van der Waals surface area (Å²) in [6.45, 7) is 1.62. The van der Waals surface area contributed by atoms with Crippen molar-refractivity contribution in [2.45, 2.75) is 12.8 Å². The van der Waals surface area contributed by atoms with Gasteiger partial charge in [-0.05, 0) is 29.7 Å². The third-order valence-electron chi connectivity index (χ3n) is 4.83. The van der Waals surface area contributed by atoms with Crippen LogP contribution >= 0.6 is 0 Å². The Morgan fingerprint density at radius 1 is 1.12 bits per heavy atom. The molecule has 0 bridgehead atoms. The molecule has 0 unspecified atom stereocenters. The summed E-state index contributed by atoms with van der Waals surface area (Å²) in [5.41, 5.74) is 0.898. The average molecular weight is 343 g/mol. The number of rotatable bonds is 3. The van der Waals surface area contributed by atoms with Crippen molar-refractivity contribution in [3.63, 3.8) is 0 Å². The number of nitriles is 1. The van der Waals surface area contributed by atoms with Gasteiger partial charge in [-0.2, -0.15) is 5.26 Å². The van der Waals surface area contributed by atoms with Crippen LogP contribution < -0.4 is 5.32 Å². The maximum atomic E-state index is 12.7. The molecule has 1 fully saturated rings. The minimum Gasteiger partial charge on any atom is -0.357 e. The lowest BCUT2D eigenvalue weighted by molar-refractivity contribution is -0.116. The lowest BCUT2D eigenvalue weighted by Gasteiger charge is -2.18. The molecule has 2 aromatic carbocycles. The molecule has 0 radical (unpaired) electrons. The van der Waals surface area contributed by atoms with E-state index in [0.717, 1.165) is 36.7 Å². The van der Waals surface area contributed by atoms with Crippen LogP contribution in [-0.2, 0) is 4.79 Å². The van der Waals surface area contributed by atoms with E-state index in [9.17, 15) is 14.9 Å². The van der Waals surface area contributed by atoms with Gasteiger partial charge in [-0.25, -0.2) is 0 Å². The molecule has 0 atom stereocenters. The first kappa shape index (κ1) is 16.1. The van der Waals surface area contributed by atoms with Crippen molar-refractivity contribution >= 4 is 22.5 Å². The SMILES string of the molecule is N#CC1=C(N2CCCC2)NC(=O)/C1=C/C(=O)c1ccc2ccccc2c1. The molecule has 0 saturated carbocycles. The molecule has 2 heterocycles. The van der Waals surface area contributed by atoms with Crippen LogP contribution in [0.3, 0.4) is 0 Å². The maximum Gasteiger partial charge on any atom is 0.258 e. The zero-order valence-corrected chi connectivity index (χ0v) is 14.2. The summed E-state index contributed by atoms with van der Waals surface area (Å²) in [6, 6.07) is 15.3. The predicted molar refractivity (Wildman–Crippen MR) is 98.0 cm³/mol. The van der Waals surface area contributed by atoms with Crippen molar-refractivity contribution in [2.75, 3.05) is 13.1 Å². The summed E-state index contributed by atoms with van der Waals surface area (Å²) in [6.07, 6.45) is 3.35. The molecule has 5 nitrogen and oxygen atoms in total. The van der Waals surface area contributed by atoms with Crippen molar-refractivity contribution in [3.8, 4) is 6.07 Å². The summed E-state index contributed by atoms with van der Waals surface area (Å²) in [5.74, 6) is -0.138. The lowest BCUT2D eigenvalue weighted by Crippen LogP contribution is -2.29. The molecule has 2 aliphatic heterocycles. The number of nitrogens with zero attached hydrogens (tertiary/aromatic N) is 2. The van der Waals surface area contributed by atoms with E-state index in [2.05, 4.69) is 11.4 Å². The van der Waals surface area contributed by atoms with Crippen molar-refractivity contribution < 1.29 is 9.59 Å². The number of allylic oxidation sites excluding steroid dienone is 1. The fourth-order valence-corrected chi connectivity index (χ4v) is 3.46. The minimum atomic E-state index is -0.391. The Balaban J connectivity index is 1.70. The minimum absolute atomic E-state index is 0.146. The van der Waals surface area contributed by atoms with Gasteiger partial charge in [0.2, 0.25) is 0 Å². The van der Waals surface area contributed by atoms with E-state index in [1.165, 1.54) is 6.08 Å². The number of likely N-dealkylation sites (tertiary alicyclic amines) is 1. The highest BCUT2D eigenvalue weighted by Gasteiger charge is 2.32. The van der Waals surface area contributed by atoms with E-state index in [-0.39, 0.29) is 16.9 Å². The van der Waals surface area contributed by atoms with Crippen molar-refractivity contribution in [1.29, 1.82) is 5.26 Å². The first-order valence-corrected chi connectivity index (χ1v) is 8.63. The first-order valence-electron chi connectivity index (χ1n) is 8.63. The number of ketones is 1. The number of hydrogen-bond acceptors (Lipinski definition) is 4. The van der Waals surface area contributed by atoms with Gasteiger partial charge >= 0.3 is 0 Å². The molecule has 2 aromatic rings. The van der Waals surface area contributed by atoms with Gasteiger partial charge in [0.1, 0.15) is 17.5 Å². The van der Waals surface area contributed by atoms with Crippen molar-refractivity contribution in [3.05, 3.63) is 71.1 Å². The molecule has 0 aliphatic carbocycles. The Hall–Kier alpha value is -3.39. The second-order valence-electron chi connectivity index (χ2n) is 6.47. The number of amides is 1. The molecule has 128 valence electrons. The number of carbonyl (C=O) groups excluding carboxylic acids is 2. The monoisotopic (exact) mass is 343 g/mol. The topological polar surface area (TPSA) is 73.2 Å². The quantitative estimate of drug-likeness (QED) is 0.687. The molecule has 0 aromatic heterocycles. The Morgan fingerprint density at radius 2 is 1.85 bits per heavy atom. The third-order valence-corrected chi connectivity index (χ3v) is 4.83. The number of benzene rings is 2. The van der Waals surface area contributed by atoms with E-state index in [1.54, 1.807) is 12.1 Å². The molecular formula is C21H17N3O2. The van der Waals surface area contributed by atoms with E-state index >= 15 is 0 Å². The normalized spacial score (nSPS) is 18.5. The number of hydrogen-bond donors (Lipinski definition) is 1. The van der Waals surface area contributed by atoms with Gasteiger partial charge < -0.3 is 10.2 Å². The summed E-state index contributed by atoms with van der Waals surface area (Å²) in [4.78, 5) is 27.0. The molecule has 1 saturated heterocycles. The average Bonchev–Trinajstić information content (AvgIpc) is 3.29. The van der Waals surface area contributed by atoms with Crippen molar-refractivity contribution in [1.82, 2.24) is 10.2 Å². The van der Waals surface area contributed by atoms with Gasteiger partial charge in [0.05, 0.1) is 5.57 Å². The van der Waals surface area contributed by atoms with Gasteiger partial charge in [0.25, 0.3) is 5.91 Å². The summed E-state index contributed by atoms with van der Waals surface area (Å²) >= 11 is 0. The van der Waals surface area contributed by atoms with Crippen molar-refractivity contribution in [2.24, 2.45) is 0 Å². The summed E-state index contributed by atoms with van der Waals surface area (Å²) in [7, 11) is 0. The van der Waals surface area contributed by atoms with E-state index in [4.69, 9.17) is 0 Å². The standard InChI is InChI=1S/C21H17N3O2/c22-13-18-17(21(26)23-20(18)24-9-3-4-10-24)12-19(25)16-8-7-14-5-1-2-6-15(14)11-16/h1-2,5-8,11-12H,3-4,9-10H2,(H,23,26)/b17-12+. The fraction of sp³-hybridized carbons (Fsp3) is 0.190. The highest BCUT2D eigenvalue weighted by Crippen LogP contribution is 2.26. The van der Waals surface area contributed by atoms with Gasteiger partial charge in [-0.15, -0.1) is 0 Å². The van der Waals surface area contributed by atoms with Gasteiger partial charge in [-0.1, -0.05) is 36.4 Å². The number of nitrogens with one attached hydrogen (secondary N) is 1.